The van der Waals surface area contributed by atoms with E-state index in [0.29, 0.717) is 52.3 Å². The van der Waals surface area contributed by atoms with Gasteiger partial charge in [-0.3, -0.25) is 14.8 Å². The van der Waals surface area contributed by atoms with Gasteiger partial charge in [-0.05, 0) is 60.0 Å². The van der Waals surface area contributed by atoms with E-state index in [-0.39, 0.29) is 32.0 Å². The number of methoxy groups -OCH3 is 6. The molecule has 4 heterocycles. The molecule has 0 bridgehead atoms. The number of piperidine rings is 1. The van der Waals surface area contributed by atoms with Gasteiger partial charge < -0.3 is 43.2 Å². The van der Waals surface area contributed by atoms with Gasteiger partial charge in [0.05, 0.1) is 60.5 Å². The van der Waals surface area contributed by atoms with Crippen LogP contribution in [0.15, 0.2) is 73.1 Å². The molecule has 6 rings (SSSR count). The molecular weight excluding hydrogens is 712 g/mol. The summed E-state index contributed by atoms with van der Waals surface area (Å²) in [5, 5.41) is 3.00. The Morgan fingerprint density at radius 2 is 1.36 bits per heavy atom. The number of nitrogens with one attached hydrogen (secondary N) is 1. The van der Waals surface area contributed by atoms with Gasteiger partial charge >= 0.3 is 17.8 Å². The molecule has 1 spiro atoms. The van der Waals surface area contributed by atoms with Crippen molar-refractivity contribution in [2.45, 2.75) is 31.8 Å². The summed E-state index contributed by atoms with van der Waals surface area (Å²) in [5.74, 6) is -1.66. The lowest BCUT2D eigenvalue weighted by Crippen LogP contribution is -2.59. The van der Waals surface area contributed by atoms with Gasteiger partial charge in [0.2, 0.25) is 17.4 Å². The number of pyridine rings is 2. The first-order valence-electron chi connectivity index (χ1n) is 17.3. The second-order valence-corrected chi connectivity index (χ2v) is 12.6. The number of likely N-dealkylation sites (tertiary alicyclic amines) is 1. The first-order valence-corrected chi connectivity index (χ1v) is 17.3. The molecule has 0 aliphatic carbocycles. The molecule has 15 nitrogen and oxygen atoms in total. The van der Waals surface area contributed by atoms with Crippen molar-refractivity contribution in [1.82, 2.24) is 20.2 Å². The molecule has 1 fully saturated rings. The van der Waals surface area contributed by atoms with Gasteiger partial charge in [-0.1, -0.05) is 6.07 Å². The van der Waals surface area contributed by atoms with E-state index in [4.69, 9.17) is 37.9 Å². The Kier molecular flexibility index (Phi) is 11.7. The molecule has 1 N–H and O–H groups in total. The second kappa shape index (κ2) is 16.8. The summed E-state index contributed by atoms with van der Waals surface area (Å²) in [6.45, 7) is 0.506. The predicted octanol–water partition coefficient (Wildman–Crippen LogP) is 4.70. The minimum absolute atomic E-state index is 0.0997. The van der Waals surface area contributed by atoms with E-state index in [2.05, 4.69) is 15.3 Å². The minimum atomic E-state index is -1.89. The van der Waals surface area contributed by atoms with Crippen LogP contribution in [0.3, 0.4) is 0 Å². The Balaban J connectivity index is 1.23. The highest BCUT2D eigenvalue weighted by atomic mass is 16.8. The molecule has 2 aromatic heterocycles. The van der Waals surface area contributed by atoms with E-state index in [1.54, 1.807) is 53.7 Å². The van der Waals surface area contributed by atoms with Crippen LogP contribution in [0.5, 0.6) is 34.5 Å². The molecule has 4 aromatic rings. The molecule has 2 aliphatic rings. The third-order valence-electron chi connectivity index (χ3n) is 9.44. The first-order chi connectivity index (χ1) is 26.6. The molecule has 2 aromatic carbocycles. The SMILES string of the molecule is COc1cc(-c2cc(CNC(=O)C3CCN(Cc4ncccc4-c4cc(OC)c(OC)c(OC)c4)C4(C3)OC(=O)C=CC(=O)O4)ccn2)cc(OC)c1OC. The van der Waals surface area contributed by atoms with Crippen molar-refractivity contribution in [1.29, 1.82) is 0 Å². The fourth-order valence-corrected chi connectivity index (χ4v) is 6.75. The largest absolute Gasteiger partial charge is 0.493 e. The Bertz CT molecular complexity index is 2030. The highest BCUT2D eigenvalue weighted by molar-refractivity contribution is 5.93. The zero-order chi connectivity index (χ0) is 39.1. The lowest BCUT2D eigenvalue weighted by molar-refractivity contribution is -0.301. The van der Waals surface area contributed by atoms with Crippen LogP contribution in [-0.2, 0) is 36.9 Å². The fourth-order valence-electron chi connectivity index (χ4n) is 6.75. The number of carbonyl (C=O) groups excluding carboxylic acids is 3. The van der Waals surface area contributed by atoms with Gasteiger partial charge in [0.1, 0.15) is 0 Å². The van der Waals surface area contributed by atoms with Gasteiger partial charge in [-0.25, -0.2) is 14.5 Å². The lowest BCUT2D eigenvalue weighted by Gasteiger charge is -2.45. The van der Waals surface area contributed by atoms with E-state index >= 15 is 0 Å². The smallest absolute Gasteiger partial charge is 0.335 e. The highest BCUT2D eigenvalue weighted by Crippen LogP contribution is 2.44. The van der Waals surface area contributed by atoms with Crippen molar-refractivity contribution < 1.29 is 52.3 Å². The van der Waals surface area contributed by atoms with E-state index in [0.717, 1.165) is 34.4 Å². The van der Waals surface area contributed by atoms with Crippen LogP contribution >= 0.6 is 0 Å². The molecule has 1 atom stereocenters. The number of nitrogens with zero attached hydrogens (tertiary/aromatic N) is 3. The zero-order valence-corrected chi connectivity index (χ0v) is 31.4. The summed E-state index contributed by atoms with van der Waals surface area (Å²) >= 11 is 0. The normalized spacial score (nSPS) is 16.4. The maximum atomic E-state index is 13.8. The monoisotopic (exact) mass is 754 g/mol. The molecular formula is C40H42N4O11. The summed E-state index contributed by atoms with van der Waals surface area (Å²) in [4.78, 5) is 50.4. The van der Waals surface area contributed by atoms with Crippen LogP contribution in [-0.4, -0.2) is 87.8 Å². The van der Waals surface area contributed by atoms with Gasteiger partial charge in [0.15, 0.2) is 23.0 Å². The van der Waals surface area contributed by atoms with Crippen LogP contribution in [0.2, 0.25) is 0 Å². The Morgan fingerprint density at radius 3 is 1.93 bits per heavy atom. The number of ether oxygens (including phenoxy) is 8. The number of benzene rings is 2. The van der Waals surface area contributed by atoms with Crippen molar-refractivity contribution in [2.24, 2.45) is 5.92 Å². The maximum absolute atomic E-state index is 13.8. The number of aromatic nitrogens is 2. The third kappa shape index (κ3) is 8.11. The van der Waals surface area contributed by atoms with Crippen molar-refractivity contribution in [3.63, 3.8) is 0 Å². The number of amides is 1. The van der Waals surface area contributed by atoms with E-state index in [1.165, 1.54) is 42.7 Å². The topological polar surface area (TPSA) is 166 Å². The van der Waals surface area contributed by atoms with Crippen LogP contribution < -0.4 is 33.7 Å². The molecule has 0 saturated carbocycles. The molecule has 1 saturated heterocycles. The number of hydrogen-bond acceptors (Lipinski definition) is 14. The molecule has 15 heteroatoms. The number of hydrogen-bond donors (Lipinski definition) is 1. The van der Waals surface area contributed by atoms with Gasteiger partial charge in [0, 0.05) is 61.2 Å². The number of esters is 2. The van der Waals surface area contributed by atoms with Gasteiger partial charge in [0.25, 0.3) is 0 Å². The Hall–Kier alpha value is -6.35. The molecule has 0 radical (unpaired) electrons. The third-order valence-corrected chi connectivity index (χ3v) is 9.44. The predicted molar refractivity (Wildman–Crippen MR) is 198 cm³/mol. The highest BCUT2D eigenvalue weighted by Gasteiger charge is 2.52. The minimum Gasteiger partial charge on any atom is -0.493 e. The van der Waals surface area contributed by atoms with Gasteiger partial charge in [-0.2, -0.15) is 0 Å². The summed E-state index contributed by atoms with van der Waals surface area (Å²) < 4.78 is 44.8. The zero-order valence-electron chi connectivity index (χ0n) is 31.4. The van der Waals surface area contributed by atoms with E-state index in [1.807, 2.05) is 12.1 Å². The molecule has 2 aliphatic heterocycles. The van der Waals surface area contributed by atoms with Crippen molar-refractivity contribution in [3.8, 4) is 56.9 Å². The molecule has 288 valence electrons. The standard InChI is InChI=1S/C40H42N4O11/c1-48-31-17-26(18-32(49-2)37(31)52-5)28-8-7-13-41-30(28)23-44-15-12-25(21-40(44)54-35(45)9-10-36(46)55-40)39(47)43-22-24-11-14-42-29(16-24)27-19-33(50-3)38(53-6)34(20-27)51-4/h7-11,13-14,16-20,25H,12,15,21-23H2,1-6H3,(H,43,47). The number of rotatable bonds is 13. The van der Waals surface area contributed by atoms with Crippen molar-refractivity contribution in [3.05, 3.63) is 84.3 Å². The summed E-state index contributed by atoms with van der Waals surface area (Å²) in [6, 6.07) is 14.5. The molecule has 1 amide bonds. The quantitative estimate of drug-likeness (QED) is 0.187. The lowest BCUT2D eigenvalue weighted by atomic mass is 9.91. The molecule has 55 heavy (non-hydrogen) atoms. The fraction of sp³-hybridized carbons (Fsp3) is 0.325. The van der Waals surface area contributed by atoms with E-state index < -0.39 is 23.8 Å². The first kappa shape index (κ1) is 38.4. The van der Waals surface area contributed by atoms with Crippen molar-refractivity contribution >= 4 is 17.8 Å². The van der Waals surface area contributed by atoms with Crippen LogP contribution in [0.4, 0.5) is 0 Å². The average molecular weight is 755 g/mol. The van der Waals surface area contributed by atoms with Crippen LogP contribution in [0.1, 0.15) is 24.1 Å². The molecule has 1 unspecified atom stereocenters. The van der Waals surface area contributed by atoms with Crippen LogP contribution in [0.25, 0.3) is 22.4 Å². The summed E-state index contributed by atoms with van der Waals surface area (Å²) in [6.07, 6.45) is 5.57. The summed E-state index contributed by atoms with van der Waals surface area (Å²) in [7, 11) is 9.20. The second-order valence-electron chi connectivity index (χ2n) is 12.6. The van der Waals surface area contributed by atoms with Crippen molar-refractivity contribution in [2.75, 3.05) is 49.2 Å². The Morgan fingerprint density at radius 1 is 0.782 bits per heavy atom. The average Bonchev–Trinajstić information content (AvgIpc) is 3.36. The van der Waals surface area contributed by atoms with E-state index in [9.17, 15) is 14.4 Å². The van der Waals surface area contributed by atoms with Gasteiger partial charge in [-0.15, -0.1) is 0 Å². The Labute approximate surface area is 318 Å². The summed E-state index contributed by atoms with van der Waals surface area (Å²) in [5.41, 5.74) is 4.17. The van der Waals surface area contributed by atoms with Crippen LogP contribution in [0, 0.1) is 5.92 Å². The maximum Gasteiger partial charge on any atom is 0.335 e. The number of carbonyl (C=O) groups is 3.